The summed E-state index contributed by atoms with van der Waals surface area (Å²) in [7, 11) is 0. The normalized spacial score (nSPS) is 11.9. The first-order valence-electron chi connectivity index (χ1n) is 21.3. The highest BCUT2D eigenvalue weighted by molar-refractivity contribution is 6.22. The molecule has 11 aromatic carbocycles. The van der Waals surface area contributed by atoms with Crippen LogP contribution in [0.2, 0.25) is 0 Å². The third kappa shape index (κ3) is 5.30. The molecule has 0 radical (unpaired) electrons. The van der Waals surface area contributed by atoms with E-state index < -0.39 is 0 Å². The molecule has 2 aromatic heterocycles. The number of nitrogens with zero attached hydrogens (tertiary/aromatic N) is 2. The van der Waals surface area contributed by atoms with Crippen molar-refractivity contribution in [2.24, 2.45) is 0 Å². The molecule has 0 atom stereocenters. The predicted molar refractivity (Wildman–Crippen MR) is 264 cm³/mol. The monoisotopic (exact) mass is 784 g/mol. The Hall–Kier alpha value is -8.20. The first-order chi connectivity index (χ1) is 30.7. The van der Waals surface area contributed by atoms with Gasteiger partial charge in [-0.15, -0.1) is 0 Å². The number of para-hydroxylation sites is 2. The van der Waals surface area contributed by atoms with Crippen LogP contribution in [0.1, 0.15) is 0 Å². The minimum atomic E-state index is 0.957. The number of hydrogen-bond acceptors (Lipinski definition) is 2. The summed E-state index contributed by atoms with van der Waals surface area (Å²) in [6.07, 6.45) is 0. The third-order valence-electron chi connectivity index (χ3n) is 13.0. The predicted octanol–water partition coefficient (Wildman–Crippen LogP) is 16.4. The first-order valence-corrected chi connectivity index (χ1v) is 21.3. The van der Waals surface area contributed by atoms with Gasteiger partial charge in [-0.2, -0.15) is 0 Å². The highest BCUT2D eigenvalue weighted by atomic mass is 14.7. The average molecular weight is 785 g/mol. The summed E-state index contributed by atoms with van der Waals surface area (Å²) in [4.78, 5) is 10.7. The second-order valence-corrected chi connectivity index (χ2v) is 16.4. The van der Waals surface area contributed by atoms with E-state index in [0.29, 0.717) is 0 Å². The lowest BCUT2D eigenvalue weighted by Crippen LogP contribution is -1.95. The fraction of sp³-hybridized carbons (Fsp3) is 0. The van der Waals surface area contributed by atoms with E-state index in [1.165, 1.54) is 65.2 Å². The molecular formula is C60H36N2. The second-order valence-electron chi connectivity index (χ2n) is 16.4. The van der Waals surface area contributed by atoms with E-state index in [0.717, 1.165) is 66.0 Å². The average Bonchev–Trinajstić information content (AvgIpc) is 3.34. The zero-order valence-corrected chi connectivity index (χ0v) is 33.7. The molecule has 0 saturated carbocycles. The summed E-state index contributed by atoms with van der Waals surface area (Å²) in [6.45, 7) is 0. The molecule has 0 spiro atoms. The molecule has 2 nitrogen and oxygen atoms in total. The van der Waals surface area contributed by atoms with Gasteiger partial charge in [0.15, 0.2) is 0 Å². The van der Waals surface area contributed by atoms with Crippen molar-refractivity contribution in [1.29, 1.82) is 0 Å². The molecule has 0 aliphatic rings. The Balaban J connectivity index is 1.12. The van der Waals surface area contributed by atoms with E-state index in [-0.39, 0.29) is 0 Å². The Morgan fingerprint density at radius 1 is 0.242 bits per heavy atom. The number of fused-ring (bicyclic) bond motifs is 11. The van der Waals surface area contributed by atoms with Crippen molar-refractivity contribution in [2.75, 3.05) is 0 Å². The van der Waals surface area contributed by atoms with Crippen LogP contribution in [0.15, 0.2) is 218 Å². The molecule has 0 N–H and O–H groups in total. The molecule has 0 aliphatic heterocycles. The van der Waals surface area contributed by atoms with E-state index in [9.17, 15) is 0 Å². The van der Waals surface area contributed by atoms with Gasteiger partial charge in [-0.1, -0.05) is 182 Å². The van der Waals surface area contributed by atoms with Gasteiger partial charge in [0.25, 0.3) is 0 Å². The fourth-order valence-electron chi connectivity index (χ4n) is 10.2. The van der Waals surface area contributed by atoms with Crippen LogP contribution in [0.5, 0.6) is 0 Å². The van der Waals surface area contributed by atoms with E-state index in [1.807, 2.05) is 0 Å². The van der Waals surface area contributed by atoms with Gasteiger partial charge in [-0.25, -0.2) is 9.97 Å². The Morgan fingerprint density at radius 3 is 1.26 bits per heavy atom. The molecule has 13 aromatic rings. The van der Waals surface area contributed by atoms with E-state index >= 15 is 0 Å². The summed E-state index contributed by atoms with van der Waals surface area (Å²) < 4.78 is 0. The number of pyridine rings is 2. The van der Waals surface area contributed by atoms with Crippen LogP contribution in [-0.4, -0.2) is 9.97 Å². The molecule has 2 heteroatoms. The largest absolute Gasteiger partial charge is 0.248 e. The van der Waals surface area contributed by atoms with Crippen LogP contribution in [0.25, 0.3) is 131 Å². The Bertz CT molecular complexity index is 3920. The first kappa shape index (κ1) is 34.6. The summed E-state index contributed by atoms with van der Waals surface area (Å²) in [5.41, 5.74) is 12.2. The molecule has 0 fully saturated rings. The van der Waals surface area contributed by atoms with Crippen LogP contribution >= 0.6 is 0 Å². The molecule has 0 aliphatic carbocycles. The van der Waals surface area contributed by atoms with Gasteiger partial charge < -0.3 is 0 Å². The molecule has 62 heavy (non-hydrogen) atoms. The van der Waals surface area contributed by atoms with Gasteiger partial charge in [0, 0.05) is 32.7 Å². The van der Waals surface area contributed by atoms with Crippen LogP contribution in [0.4, 0.5) is 0 Å². The van der Waals surface area contributed by atoms with Gasteiger partial charge >= 0.3 is 0 Å². The number of hydrogen-bond donors (Lipinski definition) is 0. The van der Waals surface area contributed by atoms with Gasteiger partial charge in [-0.05, 0) is 113 Å². The molecule has 0 unspecified atom stereocenters. The van der Waals surface area contributed by atoms with Gasteiger partial charge in [0.2, 0.25) is 0 Å². The molecule has 2 heterocycles. The maximum absolute atomic E-state index is 5.69. The summed E-state index contributed by atoms with van der Waals surface area (Å²) >= 11 is 0. The quantitative estimate of drug-likeness (QED) is 0.131. The lowest BCUT2D eigenvalue weighted by atomic mass is 9.87. The highest BCUT2D eigenvalue weighted by Crippen LogP contribution is 2.45. The second kappa shape index (κ2) is 13.7. The van der Waals surface area contributed by atoms with Crippen molar-refractivity contribution in [2.45, 2.75) is 0 Å². The molecule has 286 valence electrons. The Labute approximate surface area is 358 Å². The van der Waals surface area contributed by atoms with Crippen molar-refractivity contribution in [3.05, 3.63) is 218 Å². The lowest BCUT2D eigenvalue weighted by Gasteiger charge is -2.18. The van der Waals surface area contributed by atoms with Crippen molar-refractivity contribution in [1.82, 2.24) is 9.97 Å². The van der Waals surface area contributed by atoms with Gasteiger partial charge in [0.05, 0.1) is 22.2 Å². The molecular weight excluding hydrogens is 749 g/mol. The fourth-order valence-corrected chi connectivity index (χ4v) is 10.2. The van der Waals surface area contributed by atoms with Crippen molar-refractivity contribution in [3.63, 3.8) is 0 Å². The Kier molecular flexibility index (Phi) is 7.64. The number of rotatable bonds is 4. The maximum atomic E-state index is 5.69. The van der Waals surface area contributed by atoms with E-state index in [4.69, 9.17) is 9.97 Å². The SMILES string of the molecule is c1ccc2c(c1)cc(-c1cc(-c3ccc(-c4c5ccccc5nc5ccccc45)cc3)c3cc(-c4cc5ccccc5c5ccccc45)c4ccccc4c3n1)c1ccccc12. The van der Waals surface area contributed by atoms with Crippen molar-refractivity contribution in [3.8, 4) is 44.6 Å². The van der Waals surface area contributed by atoms with Gasteiger partial charge in [-0.3, -0.25) is 0 Å². The van der Waals surface area contributed by atoms with Crippen molar-refractivity contribution < 1.29 is 0 Å². The van der Waals surface area contributed by atoms with E-state index in [1.54, 1.807) is 0 Å². The minimum absolute atomic E-state index is 0.957. The smallest absolute Gasteiger partial charge is 0.0794 e. The van der Waals surface area contributed by atoms with Crippen LogP contribution in [0, 0.1) is 0 Å². The Morgan fingerprint density at radius 2 is 0.661 bits per heavy atom. The molecule has 0 saturated heterocycles. The van der Waals surface area contributed by atoms with Gasteiger partial charge in [0.1, 0.15) is 0 Å². The standard InChI is InChI=1S/C60H36N2/c1-3-17-41-39(15-1)33-52(45-21-7-5-19-43(41)45)53-35-55-51(37-29-31-38(32-30-37)59-49-25-11-13-27-56(49)61-57-28-14-12-26-50(57)59)36-58(62-60(55)48-24-10-9-23-47(48)53)54-34-40-16-2-4-18-42(40)44-20-6-8-22-46(44)54/h1-36H. The van der Waals surface area contributed by atoms with Crippen LogP contribution in [-0.2, 0) is 0 Å². The number of aromatic nitrogens is 2. The summed E-state index contributed by atoms with van der Waals surface area (Å²) in [6, 6.07) is 79.5. The zero-order chi connectivity index (χ0) is 40.7. The summed E-state index contributed by atoms with van der Waals surface area (Å²) in [5, 5.41) is 15.6. The number of benzene rings is 11. The molecule has 0 bridgehead atoms. The maximum Gasteiger partial charge on any atom is 0.0794 e. The van der Waals surface area contributed by atoms with Crippen molar-refractivity contribution >= 4 is 86.6 Å². The minimum Gasteiger partial charge on any atom is -0.248 e. The third-order valence-corrected chi connectivity index (χ3v) is 13.0. The molecule has 0 amide bonds. The van der Waals surface area contributed by atoms with Crippen LogP contribution in [0.3, 0.4) is 0 Å². The zero-order valence-electron chi connectivity index (χ0n) is 33.7. The topological polar surface area (TPSA) is 25.8 Å². The van der Waals surface area contributed by atoms with E-state index in [2.05, 4.69) is 218 Å². The summed E-state index contributed by atoms with van der Waals surface area (Å²) in [5.74, 6) is 0. The lowest BCUT2D eigenvalue weighted by molar-refractivity contribution is 1.42. The molecule has 13 rings (SSSR count). The highest BCUT2D eigenvalue weighted by Gasteiger charge is 2.20. The van der Waals surface area contributed by atoms with Crippen LogP contribution < -0.4 is 0 Å².